The number of aromatic amines is 1. The first-order valence-corrected chi connectivity index (χ1v) is 14.6. The number of H-pyrrole nitrogens is 1. The van der Waals surface area contributed by atoms with Gasteiger partial charge in [-0.15, -0.1) is 0 Å². The van der Waals surface area contributed by atoms with Gasteiger partial charge in [-0.2, -0.15) is 9.40 Å². The van der Waals surface area contributed by atoms with Crippen molar-refractivity contribution in [3.05, 3.63) is 69.4 Å². The molecule has 0 spiro atoms. The number of hydrogen-bond acceptors (Lipinski definition) is 6. The highest BCUT2D eigenvalue weighted by Gasteiger charge is 2.38. The zero-order chi connectivity index (χ0) is 27.5. The second kappa shape index (κ2) is 9.45. The molecule has 1 N–H and O–H groups in total. The SMILES string of the molecule is Cc1nn(C)c(C)c1S(=O)(=O)N1CCCC(C(=O)N2CCc3c(nc4cc(-c5ccccc5)[nH]n4c3=O)C2)C1. The number of nitrogens with zero attached hydrogens (tertiary/aromatic N) is 6. The molecule has 1 unspecified atom stereocenters. The lowest BCUT2D eigenvalue weighted by Gasteiger charge is -2.35. The largest absolute Gasteiger partial charge is 0.336 e. The summed E-state index contributed by atoms with van der Waals surface area (Å²) in [4.78, 5) is 33.5. The molecule has 1 atom stereocenters. The van der Waals surface area contributed by atoms with Gasteiger partial charge in [0, 0.05) is 38.3 Å². The maximum Gasteiger partial charge on any atom is 0.276 e. The van der Waals surface area contributed by atoms with Gasteiger partial charge in [-0.3, -0.25) is 19.4 Å². The number of aryl methyl sites for hydroxylation is 2. The molecule has 11 nitrogen and oxygen atoms in total. The smallest absolute Gasteiger partial charge is 0.276 e. The zero-order valence-corrected chi connectivity index (χ0v) is 23.0. The summed E-state index contributed by atoms with van der Waals surface area (Å²) in [6.07, 6.45) is 1.62. The van der Waals surface area contributed by atoms with Crippen molar-refractivity contribution in [3.8, 4) is 11.3 Å². The number of rotatable bonds is 4. The Morgan fingerprint density at radius 3 is 2.62 bits per heavy atom. The number of aromatic nitrogens is 5. The number of carbonyl (C=O) groups excluding carboxylic acids is 1. The van der Waals surface area contributed by atoms with Crippen molar-refractivity contribution in [2.24, 2.45) is 13.0 Å². The molecule has 12 heteroatoms. The third-order valence-electron chi connectivity index (χ3n) is 7.94. The molecular weight excluding hydrogens is 518 g/mol. The van der Waals surface area contributed by atoms with Crippen LogP contribution in [0.3, 0.4) is 0 Å². The molecule has 204 valence electrons. The lowest BCUT2D eigenvalue weighted by atomic mass is 9.96. The average molecular weight is 550 g/mol. The summed E-state index contributed by atoms with van der Waals surface area (Å²) in [6.45, 7) is 4.56. The highest BCUT2D eigenvalue weighted by Crippen LogP contribution is 2.29. The zero-order valence-electron chi connectivity index (χ0n) is 22.2. The van der Waals surface area contributed by atoms with E-state index in [-0.39, 0.29) is 29.5 Å². The summed E-state index contributed by atoms with van der Waals surface area (Å²) in [5.74, 6) is -0.546. The van der Waals surface area contributed by atoms with E-state index in [0.29, 0.717) is 60.6 Å². The van der Waals surface area contributed by atoms with E-state index in [1.807, 2.05) is 36.4 Å². The predicted molar refractivity (Wildman–Crippen MR) is 145 cm³/mol. The molecule has 1 amide bonds. The van der Waals surface area contributed by atoms with E-state index in [4.69, 9.17) is 4.98 Å². The van der Waals surface area contributed by atoms with Crippen molar-refractivity contribution >= 4 is 21.6 Å². The summed E-state index contributed by atoms with van der Waals surface area (Å²) in [6, 6.07) is 11.6. The number of carbonyl (C=O) groups is 1. The highest BCUT2D eigenvalue weighted by atomic mass is 32.2. The van der Waals surface area contributed by atoms with E-state index < -0.39 is 15.9 Å². The number of nitrogens with one attached hydrogen (secondary N) is 1. The molecule has 1 saturated heterocycles. The van der Waals surface area contributed by atoms with Crippen LogP contribution in [0, 0.1) is 19.8 Å². The van der Waals surface area contributed by atoms with Gasteiger partial charge in [-0.05, 0) is 38.7 Å². The normalized spacial score (nSPS) is 18.4. The number of sulfonamides is 1. The Morgan fingerprint density at radius 1 is 1.13 bits per heavy atom. The molecule has 0 aliphatic carbocycles. The lowest BCUT2D eigenvalue weighted by molar-refractivity contribution is -0.137. The predicted octanol–water partition coefficient (Wildman–Crippen LogP) is 2.03. The lowest BCUT2D eigenvalue weighted by Crippen LogP contribution is -2.48. The first-order chi connectivity index (χ1) is 18.6. The van der Waals surface area contributed by atoms with E-state index in [0.717, 1.165) is 11.3 Å². The molecule has 4 aromatic rings. The van der Waals surface area contributed by atoms with E-state index in [9.17, 15) is 18.0 Å². The van der Waals surface area contributed by atoms with Gasteiger partial charge in [-0.25, -0.2) is 17.9 Å². The molecule has 0 radical (unpaired) electrons. The van der Waals surface area contributed by atoms with Crippen LogP contribution in [0.2, 0.25) is 0 Å². The third kappa shape index (κ3) is 4.27. The standard InChI is InChI=1S/C27H31N7O4S/c1-17-25(18(2)31(3)29-17)39(37,38)33-12-7-10-20(15-33)26(35)32-13-11-21-23(16-32)28-24-14-22(30-34(24)27(21)36)19-8-5-4-6-9-19/h4-6,8-9,14,20,30H,7,10-13,15-16H2,1-3H3. The molecule has 3 aromatic heterocycles. The molecule has 39 heavy (non-hydrogen) atoms. The van der Waals surface area contributed by atoms with Crippen LogP contribution in [-0.2, 0) is 34.8 Å². The summed E-state index contributed by atoms with van der Waals surface area (Å²) >= 11 is 0. The van der Waals surface area contributed by atoms with Crippen molar-refractivity contribution < 1.29 is 13.2 Å². The van der Waals surface area contributed by atoms with E-state index in [1.165, 1.54) is 8.82 Å². The quantitative estimate of drug-likeness (QED) is 0.415. The Bertz CT molecular complexity index is 1750. The van der Waals surface area contributed by atoms with Crippen molar-refractivity contribution in [2.75, 3.05) is 19.6 Å². The first kappa shape index (κ1) is 25.5. The minimum Gasteiger partial charge on any atom is -0.336 e. The Morgan fingerprint density at radius 2 is 1.90 bits per heavy atom. The van der Waals surface area contributed by atoms with Gasteiger partial charge in [0.2, 0.25) is 15.9 Å². The van der Waals surface area contributed by atoms with Crippen LogP contribution >= 0.6 is 0 Å². The minimum atomic E-state index is -3.78. The average Bonchev–Trinajstić information content (AvgIpc) is 3.48. The van der Waals surface area contributed by atoms with Gasteiger partial charge in [0.1, 0.15) is 4.90 Å². The van der Waals surface area contributed by atoms with Gasteiger partial charge >= 0.3 is 0 Å². The summed E-state index contributed by atoms with van der Waals surface area (Å²) in [7, 11) is -2.06. The van der Waals surface area contributed by atoms with E-state index in [1.54, 1.807) is 30.5 Å². The van der Waals surface area contributed by atoms with Crippen molar-refractivity contribution in [3.63, 3.8) is 0 Å². The Kier molecular flexibility index (Phi) is 6.18. The van der Waals surface area contributed by atoms with Gasteiger partial charge in [0.25, 0.3) is 5.56 Å². The number of amides is 1. The van der Waals surface area contributed by atoms with Crippen LogP contribution in [0.4, 0.5) is 0 Å². The fraction of sp³-hybridized carbons (Fsp3) is 0.407. The van der Waals surface area contributed by atoms with Crippen LogP contribution in [0.15, 0.2) is 46.1 Å². The minimum absolute atomic E-state index is 0.0961. The summed E-state index contributed by atoms with van der Waals surface area (Å²) < 4.78 is 31.5. The maximum absolute atomic E-state index is 13.6. The molecule has 1 aromatic carbocycles. The molecule has 6 rings (SSSR count). The topological polar surface area (TPSA) is 126 Å². The molecule has 2 aliphatic rings. The van der Waals surface area contributed by atoms with Crippen LogP contribution in [0.1, 0.15) is 35.5 Å². The second-order valence-corrected chi connectivity index (χ2v) is 12.3. The molecule has 1 fully saturated rings. The van der Waals surface area contributed by atoms with Gasteiger partial charge < -0.3 is 4.90 Å². The molecule has 0 saturated carbocycles. The van der Waals surface area contributed by atoms with Crippen LogP contribution in [0.5, 0.6) is 0 Å². The Balaban J connectivity index is 1.23. The number of benzene rings is 1. The fourth-order valence-corrected chi connectivity index (χ4v) is 7.75. The van der Waals surface area contributed by atoms with E-state index >= 15 is 0 Å². The monoisotopic (exact) mass is 549 g/mol. The van der Waals surface area contributed by atoms with Crippen LogP contribution in [-0.4, -0.2) is 67.5 Å². The van der Waals surface area contributed by atoms with Gasteiger partial charge in [0.05, 0.1) is 35.2 Å². The molecular formula is C27H31N7O4S. The highest BCUT2D eigenvalue weighted by molar-refractivity contribution is 7.89. The van der Waals surface area contributed by atoms with Crippen LogP contribution in [0.25, 0.3) is 16.9 Å². The number of hydrogen-bond donors (Lipinski definition) is 1. The number of piperidine rings is 1. The maximum atomic E-state index is 13.6. The molecule has 2 aliphatic heterocycles. The van der Waals surface area contributed by atoms with Crippen LogP contribution < -0.4 is 5.56 Å². The van der Waals surface area contributed by atoms with Crippen molar-refractivity contribution in [1.82, 2.24) is 33.6 Å². The van der Waals surface area contributed by atoms with Gasteiger partial charge in [0.15, 0.2) is 5.65 Å². The summed E-state index contributed by atoms with van der Waals surface area (Å²) in [5.41, 5.74) is 4.33. The Hall–Kier alpha value is -3.77. The molecule has 5 heterocycles. The van der Waals surface area contributed by atoms with Gasteiger partial charge in [-0.1, -0.05) is 30.3 Å². The first-order valence-electron chi connectivity index (χ1n) is 13.1. The Labute approximate surface area is 226 Å². The summed E-state index contributed by atoms with van der Waals surface area (Å²) in [5, 5.41) is 7.42. The van der Waals surface area contributed by atoms with Crippen molar-refractivity contribution in [2.45, 2.75) is 44.6 Å². The van der Waals surface area contributed by atoms with Crippen molar-refractivity contribution in [1.29, 1.82) is 0 Å². The third-order valence-corrected chi connectivity index (χ3v) is 10.1. The fourth-order valence-electron chi connectivity index (χ4n) is 5.82. The van der Waals surface area contributed by atoms with E-state index in [2.05, 4.69) is 10.2 Å². The second-order valence-electron chi connectivity index (χ2n) is 10.4. The molecule has 0 bridgehead atoms. The number of fused-ring (bicyclic) bond motifs is 2.